The van der Waals surface area contributed by atoms with Crippen LogP contribution in [0.25, 0.3) is 0 Å². The minimum atomic E-state index is -6.60. The monoisotopic (exact) mass is 422 g/mol. The van der Waals surface area contributed by atoms with E-state index in [1.807, 2.05) is 0 Å². The summed E-state index contributed by atoms with van der Waals surface area (Å²) < 4.78 is 139. The van der Waals surface area contributed by atoms with Gasteiger partial charge in [-0.05, 0) is 12.8 Å². The van der Waals surface area contributed by atoms with Crippen LogP contribution in [0.4, 0.5) is 48.3 Å². The Morgan fingerprint density at radius 1 is 0.846 bits per heavy atom. The van der Waals surface area contributed by atoms with Gasteiger partial charge >= 0.3 is 29.7 Å². The maximum atomic E-state index is 13.6. The van der Waals surface area contributed by atoms with Gasteiger partial charge in [-0.2, -0.15) is 50.0 Å². The average Bonchev–Trinajstić information content (AvgIpc) is 2.48. The normalized spacial score (nSPS) is 14.2. The first-order valence-electron chi connectivity index (χ1n) is 6.43. The van der Waals surface area contributed by atoms with Gasteiger partial charge in [-0.1, -0.05) is 11.8 Å². The molecule has 0 bridgehead atoms. The molecule has 0 heterocycles. The first-order chi connectivity index (χ1) is 11.5. The molecule has 14 heteroatoms. The van der Waals surface area contributed by atoms with Crippen molar-refractivity contribution in [2.75, 3.05) is 5.75 Å². The van der Waals surface area contributed by atoms with E-state index in [0.717, 1.165) is 12.1 Å². The van der Waals surface area contributed by atoms with Crippen molar-refractivity contribution in [3.63, 3.8) is 0 Å². The van der Waals surface area contributed by atoms with Crippen molar-refractivity contribution in [2.24, 2.45) is 5.41 Å². The first-order valence-corrected chi connectivity index (χ1v) is 7.41. The summed E-state index contributed by atoms with van der Waals surface area (Å²) in [5.41, 5.74) is -7.80. The largest absolute Gasteiger partial charge is 0.441 e. The second-order valence-corrected chi connectivity index (χ2v) is 6.24. The number of hydrogen-bond donors (Lipinski definition) is 0. The van der Waals surface area contributed by atoms with E-state index >= 15 is 0 Å². The molecule has 150 valence electrons. The standard InChI is InChI=1S/C12H9F11N2S/c13-7(14)10(17,18)11(19,20)9(15,16)4-8(5-24,6-25)2-1-3-26-12(21,22)23/h7H,1-4H2. The third-order valence-electron chi connectivity index (χ3n) is 3.12. The molecule has 0 fully saturated rings. The van der Waals surface area contributed by atoms with Crippen LogP contribution in [0.1, 0.15) is 19.3 Å². The predicted octanol–water partition coefficient (Wildman–Crippen LogP) is 5.61. The molecule has 0 aromatic carbocycles. The molecule has 0 atom stereocenters. The van der Waals surface area contributed by atoms with Gasteiger partial charge in [0, 0.05) is 12.2 Å². The summed E-state index contributed by atoms with van der Waals surface area (Å²) in [5.74, 6) is -19.8. The molecule has 0 aromatic heterocycles. The fraction of sp³-hybridized carbons (Fsp3) is 0.833. The third kappa shape index (κ3) is 5.53. The SMILES string of the molecule is N#CC(C#N)(CCCSC(F)(F)F)CC(F)(F)C(F)(F)C(F)(F)C(F)F. The summed E-state index contributed by atoms with van der Waals surface area (Å²) >= 11 is -0.647. The van der Waals surface area contributed by atoms with Gasteiger partial charge in [0.25, 0.3) is 0 Å². The molecule has 0 saturated heterocycles. The molecular weight excluding hydrogens is 413 g/mol. The van der Waals surface area contributed by atoms with E-state index in [-0.39, 0.29) is 0 Å². The summed E-state index contributed by atoms with van der Waals surface area (Å²) in [6.07, 6.45) is -9.53. The molecule has 0 amide bonds. The number of nitrogens with zero attached hydrogens (tertiary/aromatic N) is 2. The predicted molar refractivity (Wildman–Crippen MR) is 66.9 cm³/mol. The van der Waals surface area contributed by atoms with E-state index in [1.165, 1.54) is 0 Å². The Morgan fingerprint density at radius 2 is 1.31 bits per heavy atom. The fourth-order valence-electron chi connectivity index (χ4n) is 1.74. The zero-order valence-electron chi connectivity index (χ0n) is 12.4. The van der Waals surface area contributed by atoms with Crippen LogP contribution in [0.3, 0.4) is 0 Å². The van der Waals surface area contributed by atoms with Crippen LogP contribution in [-0.4, -0.2) is 35.5 Å². The van der Waals surface area contributed by atoms with Crippen molar-refractivity contribution in [3.05, 3.63) is 0 Å². The van der Waals surface area contributed by atoms with Gasteiger partial charge in [-0.3, -0.25) is 0 Å². The molecular formula is C12H9F11N2S. The molecule has 0 N–H and O–H groups in total. The molecule has 0 aliphatic carbocycles. The van der Waals surface area contributed by atoms with Crippen LogP contribution in [0.2, 0.25) is 0 Å². The number of hydrogen-bond acceptors (Lipinski definition) is 3. The van der Waals surface area contributed by atoms with Crippen LogP contribution in [0.5, 0.6) is 0 Å². The second kappa shape index (κ2) is 8.06. The zero-order chi connectivity index (χ0) is 21.0. The lowest BCUT2D eigenvalue weighted by molar-refractivity contribution is -0.342. The van der Waals surface area contributed by atoms with Gasteiger partial charge in [-0.15, -0.1) is 0 Å². The lowest BCUT2D eigenvalue weighted by atomic mass is 9.79. The number of thioether (sulfide) groups is 1. The molecule has 0 saturated carbocycles. The number of halogens is 11. The van der Waals surface area contributed by atoms with Gasteiger partial charge in [0.15, 0.2) is 0 Å². The lowest BCUT2D eigenvalue weighted by Gasteiger charge is -2.34. The van der Waals surface area contributed by atoms with Crippen molar-refractivity contribution in [1.82, 2.24) is 0 Å². The molecule has 0 unspecified atom stereocenters. The van der Waals surface area contributed by atoms with Gasteiger partial charge in [0.1, 0.15) is 5.41 Å². The Labute approximate surface area is 143 Å². The van der Waals surface area contributed by atoms with E-state index in [2.05, 4.69) is 0 Å². The van der Waals surface area contributed by atoms with Gasteiger partial charge in [-0.25, -0.2) is 8.78 Å². The summed E-state index contributed by atoms with van der Waals surface area (Å²) in [6, 6.07) is 1.75. The van der Waals surface area contributed by atoms with Crippen LogP contribution < -0.4 is 0 Å². The van der Waals surface area contributed by atoms with Crippen LogP contribution in [0.15, 0.2) is 0 Å². The minimum Gasteiger partial charge on any atom is -0.203 e. The van der Waals surface area contributed by atoms with E-state index in [0.29, 0.717) is 0 Å². The highest BCUT2D eigenvalue weighted by atomic mass is 32.2. The van der Waals surface area contributed by atoms with Crippen molar-refractivity contribution in [2.45, 2.75) is 49.0 Å². The van der Waals surface area contributed by atoms with E-state index < -0.39 is 71.9 Å². The summed E-state index contributed by atoms with van der Waals surface area (Å²) in [4.78, 5) is 0. The Balaban J connectivity index is 5.42. The lowest BCUT2D eigenvalue weighted by Crippen LogP contribution is -2.58. The van der Waals surface area contributed by atoms with Crippen LogP contribution in [-0.2, 0) is 0 Å². The smallest absolute Gasteiger partial charge is 0.203 e. The Morgan fingerprint density at radius 3 is 1.65 bits per heavy atom. The fourth-order valence-corrected chi connectivity index (χ4v) is 2.26. The Hall–Kier alpha value is -1.44. The van der Waals surface area contributed by atoms with Gasteiger partial charge in [0.05, 0.1) is 12.1 Å². The minimum absolute atomic E-state index is 0.647. The number of alkyl halides is 11. The molecule has 0 spiro atoms. The maximum absolute atomic E-state index is 13.6. The van der Waals surface area contributed by atoms with Gasteiger partial charge < -0.3 is 0 Å². The highest BCUT2D eigenvalue weighted by Crippen LogP contribution is 2.52. The van der Waals surface area contributed by atoms with Crippen molar-refractivity contribution in [1.29, 1.82) is 10.5 Å². The maximum Gasteiger partial charge on any atom is 0.441 e. The number of nitriles is 2. The van der Waals surface area contributed by atoms with E-state index in [9.17, 15) is 48.3 Å². The molecule has 0 radical (unpaired) electrons. The zero-order valence-corrected chi connectivity index (χ0v) is 13.2. The summed E-state index contributed by atoms with van der Waals surface area (Å²) in [5, 5.41) is 17.5. The van der Waals surface area contributed by atoms with Crippen molar-refractivity contribution in [3.8, 4) is 12.1 Å². The highest BCUT2D eigenvalue weighted by Gasteiger charge is 2.76. The quantitative estimate of drug-likeness (QED) is 0.358. The van der Waals surface area contributed by atoms with E-state index in [4.69, 9.17) is 10.5 Å². The summed E-state index contributed by atoms with van der Waals surface area (Å²) in [7, 11) is 0. The van der Waals surface area contributed by atoms with Crippen molar-refractivity contribution < 1.29 is 48.3 Å². The number of rotatable bonds is 9. The molecule has 0 aromatic rings. The third-order valence-corrected chi connectivity index (χ3v) is 3.94. The van der Waals surface area contributed by atoms with Gasteiger partial charge in [0.2, 0.25) is 0 Å². The second-order valence-electron chi connectivity index (χ2n) is 5.08. The Kier molecular flexibility index (Phi) is 7.62. The Bertz CT molecular complexity index is 545. The molecule has 26 heavy (non-hydrogen) atoms. The summed E-state index contributed by atoms with van der Waals surface area (Å²) in [6.45, 7) is 0. The van der Waals surface area contributed by atoms with Crippen LogP contribution in [0, 0.1) is 28.1 Å². The van der Waals surface area contributed by atoms with E-state index in [1.54, 1.807) is 0 Å². The van der Waals surface area contributed by atoms with Crippen molar-refractivity contribution >= 4 is 11.8 Å². The molecule has 0 aliphatic heterocycles. The topological polar surface area (TPSA) is 47.6 Å². The molecule has 0 rings (SSSR count). The van der Waals surface area contributed by atoms with Crippen LogP contribution >= 0.6 is 11.8 Å². The average molecular weight is 422 g/mol. The first kappa shape index (κ1) is 24.6. The molecule has 2 nitrogen and oxygen atoms in total. The highest BCUT2D eigenvalue weighted by molar-refractivity contribution is 8.00. The molecule has 0 aliphatic rings.